The van der Waals surface area contributed by atoms with E-state index in [-0.39, 0.29) is 5.60 Å². The molecule has 0 N–H and O–H groups in total. The van der Waals surface area contributed by atoms with Crippen LogP contribution in [-0.4, -0.2) is 12.7 Å². The summed E-state index contributed by atoms with van der Waals surface area (Å²) in [6.45, 7) is 4.01. The minimum atomic E-state index is -0.0892. The van der Waals surface area contributed by atoms with Gasteiger partial charge in [-0.1, -0.05) is 5.92 Å². The molecule has 1 heteroatoms. The fraction of sp³-hybridized carbons (Fsp3) is 0.750. The lowest BCUT2D eigenvalue weighted by atomic mass is 10.0. The third-order valence-corrected chi connectivity index (χ3v) is 1.40. The van der Waals surface area contributed by atoms with Crippen molar-refractivity contribution in [2.45, 2.75) is 32.3 Å². The van der Waals surface area contributed by atoms with Crippen molar-refractivity contribution >= 4 is 0 Å². The molecule has 0 aliphatic heterocycles. The summed E-state index contributed by atoms with van der Waals surface area (Å²) in [6, 6.07) is 0. The third-order valence-electron chi connectivity index (χ3n) is 1.40. The SMILES string of the molecule is [C]#CCCC(C)(C)OC. The fourth-order valence-corrected chi connectivity index (χ4v) is 0.466. The summed E-state index contributed by atoms with van der Waals surface area (Å²) in [4.78, 5) is 0. The first-order valence-corrected chi connectivity index (χ1v) is 3.07. The molecule has 0 aromatic heterocycles. The zero-order valence-electron chi connectivity index (χ0n) is 6.32. The summed E-state index contributed by atoms with van der Waals surface area (Å²) < 4.78 is 5.12. The van der Waals surface area contributed by atoms with Crippen LogP contribution in [0.25, 0.3) is 0 Å². The molecule has 0 heterocycles. The predicted molar refractivity (Wildman–Crippen MR) is 37.5 cm³/mol. The predicted octanol–water partition coefficient (Wildman–Crippen LogP) is 1.78. The maximum atomic E-state index is 6.65. The van der Waals surface area contributed by atoms with E-state index in [9.17, 15) is 0 Å². The lowest BCUT2D eigenvalue weighted by Crippen LogP contribution is -2.21. The van der Waals surface area contributed by atoms with Gasteiger partial charge >= 0.3 is 0 Å². The average molecular weight is 125 g/mol. The molecule has 0 saturated carbocycles. The van der Waals surface area contributed by atoms with Crippen molar-refractivity contribution in [3.8, 4) is 5.92 Å². The number of rotatable bonds is 3. The molecule has 0 spiro atoms. The summed E-state index contributed by atoms with van der Waals surface area (Å²) in [5.41, 5.74) is -0.0892. The van der Waals surface area contributed by atoms with E-state index in [1.165, 1.54) is 0 Å². The molecule has 0 unspecified atom stereocenters. The highest BCUT2D eigenvalue weighted by atomic mass is 16.5. The van der Waals surface area contributed by atoms with Crippen LogP contribution in [0, 0.1) is 12.3 Å². The van der Waals surface area contributed by atoms with Crippen molar-refractivity contribution in [1.29, 1.82) is 0 Å². The lowest BCUT2D eigenvalue weighted by molar-refractivity contribution is 0.0168. The second-order valence-corrected chi connectivity index (χ2v) is 2.64. The molecular weight excluding hydrogens is 112 g/mol. The monoisotopic (exact) mass is 125 g/mol. The Kier molecular flexibility index (Phi) is 3.34. The number of ether oxygens (including phenoxy) is 1. The van der Waals surface area contributed by atoms with Gasteiger partial charge in [-0.2, -0.15) is 0 Å². The molecule has 1 nitrogen and oxygen atoms in total. The molecule has 0 rings (SSSR count). The van der Waals surface area contributed by atoms with Gasteiger partial charge in [0.05, 0.1) is 5.60 Å². The van der Waals surface area contributed by atoms with Crippen LogP contribution in [0.3, 0.4) is 0 Å². The molecule has 0 bridgehead atoms. The fourth-order valence-electron chi connectivity index (χ4n) is 0.466. The Morgan fingerprint density at radius 3 is 2.44 bits per heavy atom. The van der Waals surface area contributed by atoms with Gasteiger partial charge in [0.25, 0.3) is 0 Å². The van der Waals surface area contributed by atoms with Crippen molar-refractivity contribution in [3.05, 3.63) is 6.42 Å². The van der Waals surface area contributed by atoms with Crippen molar-refractivity contribution < 1.29 is 4.74 Å². The smallest absolute Gasteiger partial charge is 0.0631 e. The number of hydrogen-bond acceptors (Lipinski definition) is 1. The van der Waals surface area contributed by atoms with E-state index in [1.54, 1.807) is 7.11 Å². The average Bonchev–Trinajstić information content (AvgIpc) is 1.84. The molecule has 0 aliphatic rings. The van der Waals surface area contributed by atoms with E-state index >= 15 is 0 Å². The van der Waals surface area contributed by atoms with E-state index in [1.807, 2.05) is 13.8 Å². The van der Waals surface area contributed by atoms with Crippen LogP contribution in [0.2, 0.25) is 0 Å². The van der Waals surface area contributed by atoms with Gasteiger partial charge in [-0.3, -0.25) is 0 Å². The van der Waals surface area contributed by atoms with Gasteiger partial charge in [-0.05, 0) is 26.7 Å². The van der Waals surface area contributed by atoms with Crippen molar-refractivity contribution in [2.24, 2.45) is 0 Å². The summed E-state index contributed by atoms with van der Waals surface area (Å²) in [6.07, 6.45) is 8.20. The summed E-state index contributed by atoms with van der Waals surface area (Å²) in [5, 5.41) is 0. The maximum Gasteiger partial charge on any atom is 0.0631 e. The topological polar surface area (TPSA) is 9.23 Å². The molecule has 0 aromatic carbocycles. The van der Waals surface area contributed by atoms with Gasteiger partial charge in [0.2, 0.25) is 0 Å². The van der Waals surface area contributed by atoms with Crippen LogP contribution in [0.15, 0.2) is 0 Å². The van der Waals surface area contributed by atoms with E-state index in [0.717, 1.165) is 6.42 Å². The highest BCUT2D eigenvalue weighted by Crippen LogP contribution is 2.13. The summed E-state index contributed by atoms with van der Waals surface area (Å²) in [7, 11) is 1.68. The highest BCUT2D eigenvalue weighted by Gasteiger charge is 2.13. The second-order valence-electron chi connectivity index (χ2n) is 2.64. The maximum absolute atomic E-state index is 6.65. The highest BCUT2D eigenvalue weighted by molar-refractivity contribution is 4.80. The zero-order valence-corrected chi connectivity index (χ0v) is 6.32. The quantitative estimate of drug-likeness (QED) is 0.522. The Balaban J connectivity index is 3.48. The van der Waals surface area contributed by atoms with Gasteiger partial charge in [0.15, 0.2) is 0 Å². The van der Waals surface area contributed by atoms with Crippen LogP contribution in [0.5, 0.6) is 0 Å². The Morgan fingerprint density at radius 1 is 1.56 bits per heavy atom. The van der Waals surface area contributed by atoms with Crippen LogP contribution in [0.1, 0.15) is 26.7 Å². The van der Waals surface area contributed by atoms with Gasteiger partial charge < -0.3 is 4.74 Å². The van der Waals surface area contributed by atoms with Crippen LogP contribution < -0.4 is 0 Å². The molecule has 0 amide bonds. The number of hydrogen-bond donors (Lipinski definition) is 0. The Bertz CT molecular complexity index is 108. The van der Waals surface area contributed by atoms with E-state index in [4.69, 9.17) is 11.2 Å². The van der Waals surface area contributed by atoms with Crippen LogP contribution in [0.4, 0.5) is 0 Å². The van der Waals surface area contributed by atoms with Gasteiger partial charge in [0.1, 0.15) is 0 Å². The second kappa shape index (κ2) is 3.53. The largest absolute Gasteiger partial charge is 0.379 e. The van der Waals surface area contributed by atoms with Gasteiger partial charge in [-0.25, -0.2) is 0 Å². The Morgan fingerprint density at radius 2 is 2.11 bits per heavy atom. The molecule has 0 atom stereocenters. The Labute approximate surface area is 57.4 Å². The van der Waals surface area contributed by atoms with Crippen molar-refractivity contribution in [3.63, 3.8) is 0 Å². The lowest BCUT2D eigenvalue weighted by Gasteiger charge is -2.20. The molecule has 0 aromatic rings. The first-order chi connectivity index (χ1) is 4.12. The Hall–Kier alpha value is -0.480. The van der Waals surface area contributed by atoms with Gasteiger partial charge in [-0.15, -0.1) is 0 Å². The van der Waals surface area contributed by atoms with E-state index in [2.05, 4.69) is 5.92 Å². The normalized spacial score (nSPS) is 10.9. The van der Waals surface area contributed by atoms with E-state index < -0.39 is 0 Å². The van der Waals surface area contributed by atoms with Crippen molar-refractivity contribution in [2.75, 3.05) is 7.11 Å². The molecule has 0 saturated heterocycles. The molecule has 9 heavy (non-hydrogen) atoms. The molecule has 0 aliphatic carbocycles. The molecular formula is C8H13O. The molecule has 0 fully saturated rings. The zero-order chi connectivity index (χ0) is 7.33. The third kappa shape index (κ3) is 4.05. The van der Waals surface area contributed by atoms with Crippen LogP contribution in [-0.2, 0) is 4.74 Å². The standard InChI is InChI=1S/C8H13O/c1-5-6-7-8(2,3)9-4/h6-7H2,2-4H3. The van der Waals surface area contributed by atoms with Crippen LogP contribution >= 0.6 is 0 Å². The minimum Gasteiger partial charge on any atom is -0.379 e. The minimum absolute atomic E-state index is 0.0892. The first-order valence-electron chi connectivity index (χ1n) is 3.07. The van der Waals surface area contributed by atoms with E-state index in [0.29, 0.717) is 6.42 Å². The van der Waals surface area contributed by atoms with Gasteiger partial charge in [0, 0.05) is 13.5 Å². The summed E-state index contributed by atoms with van der Waals surface area (Å²) in [5.74, 6) is 2.33. The molecule has 51 valence electrons. The summed E-state index contributed by atoms with van der Waals surface area (Å²) >= 11 is 0. The van der Waals surface area contributed by atoms with Crippen molar-refractivity contribution in [1.82, 2.24) is 0 Å². The molecule has 1 radical (unpaired) electrons. The number of methoxy groups -OCH3 is 1. The first kappa shape index (κ1) is 8.52.